The van der Waals surface area contributed by atoms with Gasteiger partial charge in [-0.1, -0.05) is 36.2 Å². The van der Waals surface area contributed by atoms with Gasteiger partial charge in [0.05, 0.1) is 6.61 Å². The van der Waals surface area contributed by atoms with E-state index >= 15 is 0 Å². The summed E-state index contributed by atoms with van der Waals surface area (Å²) >= 11 is 3.39. The highest BCUT2D eigenvalue weighted by molar-refractivity contribution is 9.09. The average Bonchev–Trinajstić information content (AvgIpc) is 2.47. The third kappa shape index (κ3) is 5.53. The van der Waals surface area contributed by atoms with Crippen molar-refractivity contribution in [2.75, 3.05) is 25.0 Å². The highest BCUT2D eigenvalue weighted by Crippen LogP contribution is 2.14. The van der Waals surface area contributed by atoms with Gasteiger partial charge in [-0.15, -0.1) is 0 Å². The van der Waals surface area contributed by atoms with Crippen molar-refractivity contribution in [3.8, 4) is 5.75 Å². The van der Waals surface area contributed by atoms with Crippen LogP contribution in [0.4, 0.5) is 0 Å². The molecule has 3 nitrogen and oxygen atoms in total. The lowest BCUT2D eigenvalue weighted by molar-refractivity contribution is 0.0766. The maximum atomic E-state index is 12.4. The Bertz CT molecular complexity index is 386. The maximum Gasteiger partial charge on any atom is 0.253 e. The van der Waals surface area contributed by atoms with Gasteiger partial charge in [-0.05, 0) is 37.1 Å². The Hall–Kier alpha value is -1.03. The highest BCUT2D eigenvalue weighted by atomic mass is 79.9. The van der Waals surface area contributed by atoms with E-state index in [0.717, 1.165) is 55.6 Å². The third-order valence-electron chi connectivity index (χ3n) is 3.00. The summed E-state index contributed by atoms with van der Waals surface area (Å²) in [6, 6.07) is 7.45. The Kier molecular flexibility index (Phi) is 8.35. The second kappa shape index (κ2) is 9.81. The van der Waals surface area contributed by atoms with Gasteiger partial charge in [0.15, 0.2) is 0 Å². The van der Waals surface area contributed by atoms with Gasteiger partial charge < -0.3 is 9.64 Å². The van der Waals surface area contributed by atoms with Gasteiger partial charge in [-0.3, -0.25) is 4.79 Å². The minimum Gasteiger partial charge on any atom is -0.494 e. The Morgan fingerprint density at radius 3 is 2.40 bits per heavy atom. The van der Waals surface area contributed by atoms with Crippen LogP contribution in [0, 0.1) is 0 Å². The van der Waals surface area contributed by atoms with Crippen LogP contribution in [0.2, 0.25) is 0 Å². The normalized spacial score (nSPS) is 10.3. The zero-order chi connectivity index (χ0) is 14.8. The van der Waals surface area contributed by atoms with Crippen LogP contribution in [0.25, 0.3) is 0 Å². The monoisotopic (exact) mass is 341 g/mol. The van der Waals surface area contributed by atoms with Gasteiger partial charge in [0, 0.05) is 24.0 Å². The molecule has 1 aromatic rings. The standard InChI is InChI=1S/C16H24BrNO2/c1-3-5-13-20-15-8-6-14(7-9-15)16(19)18(11-4-2)12-10-17/h6-9H,3-5,10-13H2,1-2H3. The fraction of sp³-hybridized carbons (Fsp3) is 0.562. The van der Waals surface area contributed by atoms with Crippen molar-refractivity contribution in [1.82, 2.24) is 4.90 Å². The van der Waals surface area contributed by atoms with E-state index in [2.05, 4.69) is 29.8 Å². The maximum absolute atomic E-state index is 12.4. The Morgan fingerprint density at radius 1 is 1.15 bits per heavy atom. The summed E-state index contributed by atoms with van der Waals surface area (Å²) in [4.78, 5) is 14.2. The van der Waals surface area contributed by atoms with Crippen LogP contribution in [-0.2, 0) is 0 Å². The summed E-state index contributed by atoms with van der Waals surface area (Å²) in [5, 5.41) is 0.803. The average molecular weight is 342 g/mol. The van der Waals surface area contributed by atoms with Gasteiger partial charge in [0.2, 0.25) is 0 Å². The number of rotatable bonds is 9. The van der Waals surface area contributed by atoms with Crippen LogP contribution in [-0.4, -0.2) is 35.8 Å². The molecule has 0 spiro atoms. The first-order chi connectivity index (χ1) is 9.72. The molecule has 0 saturated carbocycles. The number of unbranched alkanes of at least 4 members (excludes halogenated alkanes) is 1. The van der Waals surface area contributed by atoms with Gasteiger partial charge >= 0.3 is 0 Å². The summed E-state index contributed by atoms with van der Waals surface area (Å²) in [6.45, 7) is 6.48. The van der Waals surface area contributed by atoms with E-state index in [0.29, 0.717) is 0 Å². The van der Waals surface area contributed by atoms with E-state index in [4.69, 9.17) is 4.74 Å². The molecule has 0 unspecified atom stereocenters. The number of benzene rings is 1. The number of halogens is 1. The van der Waals surface area contributed by atoms with Gasteiger partial charge in [-0.25, -0.2) is 0 Å². The van der Waals surface area contributed by atoms with Crippen molar-refractivity contribution in [3.05, 3.63) is 29.8 Å². The lowest BCUT2D eigenvalue weighted by Crippen LogP contribution is -2.33. The van der Waals surface area contributed by atoms with E-state index in [1.165, 1.54) is 0 Å². The molecule has 20 heavy (non-hydrogen) atoms. The first-order valence-corrected chi connectivity index (χ1v) is 8.43. The predicted molar refractivity (Wildman–Crippen MR) is 86.8 cm³/mol. The molecule has 0 heterocycles. The van der Waals surface area contributed by atoms with Crippen LogP contribution in [0.15, 0.2) is 24.3 Å². The number of hydrogen-bond donors (Lipinski definition) is 0. The van der Waals surface area contributed by atoms with E-state index in [1.54, 1.807) is 0 Å². The van der Waals surface area contributed by atoms with Gasteiger partial charge in [-0.2, -0.15) is 0 Å². The molecule has 0 fully saturated rings. The van der Waals surface area contributed by atoms with E-state index in [-0.39, 0.29) is 5.91 Å². The second-order valence-electron chi connectivity index (χ2n) is 4.71. The van der Waals surface area contributed by atoms with Crippen LogP contribution in [0.5, 0.6) is 5.75 Å². The summed E-state index contributed by atoms with van der Waals surface area (Å²) in [5.74, 6) is 0.920. The summed E-state index contributed by atoms with van der Waals surface area (Å²) in [6.07, 6.45) is 3.14. The number of ether oxygens (including phenoxy) is 1. The number of carbonyl (C=O) groups excluding carboxylic acids is 1. The van der Waals surface area contributed by atoms with Crippen molar-refractivity contribution in [1.29, 1.82) is 0 Å². The molecule has 0 atom stereocenters. The molecule has 0 aliphatic rings. The van der Waals surface area contributed by atoms with Crippen LogP contribution in [0.1, 0.15) is 43.5 Å². The molecule has 1 amide bonds. The van der Waals surface area contributed by atoms with Crippen molar-refractivity contribution >= 4 is 21.8 Å². The molecule has 1 rings (SSSR count). The quantitative estimate of drug-likeness (QED) is 0.499. The van der Waals surface area contributed by atoms with Crippen molar-refractivity contribution in [2.45, 2.75) is 33.1 Å². The Morgan fingerprint density at radius 2 is 1.85 bits per heavy atom. The van der Waals surface area contributed by atoms with Crippen LogP contribution >= 0.6 is 15.9 Å². The lowest BCUT2D eigenvalue weighted by atomic mass is 10.2. The molecule has 0 aromatic heterocycles. The molecular weight excluding hydrogens is 318 g/mol. The summed E-state index contributed by atoms with van der Waals surface area (Å²) in [7, 11) is 0. The van der Waals surface area contributed by atoms with E-state index < -0.39 is 0 Å². The smallest absolute Gasteiger partial charge is 0.253 e. The van der Waals surface area contributed by atoms with E-state index in [9.17, 15) is 4.79 Å². The highest BCUT2D eigenvalue weighted by Gasteiger charge is 2.14. The molecule has 0 N–H and O–H groups in total. The summed E-state index contributed by atoms with van der Waals surface area (Å²) in [5.41, 5.74) is 0.724. The van der Waals surface area contributed by atoms with Crippen molar-refractivity contribution < 1.29 is 9.53 Å². The minimum absolute atomic E-state index is 0.0893. The molecule has 0 aliphatic carbocycles. The molecule has 0 radical (unpaired) electrons. The molecule has 0 saturated heterocycles. The molecule has 1 aromatic carbocycles. The second-order valence-corrected chi connectivity index (χ2v) is 5.50. The fourth-order valence-corrected chi connectivity index (χ4v) is 2.33. The number of amides is 1. The number of carbonyl (C=O) groups is 1. The third-order valence-corrected chi connectivity index (χ3v) is 3.36. The van der Waals surface area contributed by atoms with Crippen LogP contribution in [0.3, 0.4) is 0 Å². The van der Waals surface area contributed by atoms with E-state index in [1.807, 2.05) is 29.2 Å². The number of hydrogen-bond acceptors (Lipinski definition) is 2. The molecular formula is C16H24BrNO2. The zero-order valence-electron chi connectivity index (χ0n) is 12.4. The first-order valence-electron chi connectivity index (χ1n) is 7.31. The summed E-state index contributed by atoms with van der Waals surface area (Å²) < 4.78 is 5.60. The zero-order valence-corrected chi connectivity index (χ0v) is 14.0. The van der Waals surface area contributed by atoms with Crippen LogP contribution < -0.4 is 4.74 Å². The molecule has 4 heteroatoms. The van der Waals surface area contributed by atoms with Crippen molar-refractivity contribution in [3.63, 3.8) is 0 Å². The minimum atomic E-state index is 0.0893. The topological polar surface area (TPSA) is 29.5 Å². The number of alkyl halides is 1. The fourth-order valence-electron chi connectivity index (χ4n) is 1.90. The SMILES string of the molecule is CCCCOc1ccc(C(=O)N(CCC)CCBr)cc1. The molecule has 0 bridgehead atoms. The predicted octanol–water partition coefficient (Wildman–Crippen LogP) is 4.11. The number of nitrogens with zero attached hydrogens (tertiary/aromatic N) is 1. The molecule has 0 aliphatic heterocycles. The Balaban J connectivity index is 2.63. The Labute approximate surface area is 130 Å². The first kappa shape index (κ1) is 17.0. The lowest BCUT2D eigenvalue weighted by Gasteiger charge is -2.21. The van der Waals surface area contributed by atoms with Gasteiger partial charge in [0.1, 0.15) is 5.75 Å². The molecule has 112 valence electrons. The largest absolute Gasteiger partial charge is 0.494 e. The van der Waals surface area contributed by atoms with Gasteiger partial charge in [0.25, 0.3) is 5.91 Å². The van der Waals surface area contributed by atoms with Crippen molar-refractivity contribution in [2.24, 2.45) is 0 Å².